The number of aromatic nitrogens is 1. The quantitative estimate of drug-likeness (QED) is 0.846. The third kappa shape index (κ3) is 2.77. The van der Waals surface area contributed by atoms with Gasteiger partial charge in [-0.1, -0.05) is 37.3 Å². The first-order valence-electron chi connectivity index (χ1n) is 7.52. The van der Waals surface area contributed by atoms with E-state index in [1.54, 1.807) is 0 Å². The van der Waals surface area contributed by atoms with Crippen LogP contribution in [0.25, 0.3) is 5.57 Å². The molecule has 0 spiro atoms. The van der Waals surface area contributed by atoms with Crippen molar-refractivity contribution >= 4 is 5.57 Å². The second-order valence-corrected chi connectivity index (χ2v) is 6.07. The van der Waals surface area contributed by atoms with Gasteiger partial charge in [0.2, 0.25) is 0 Å². The van der Waals surface area contributed by atoms with E-state index in [1.165, 1.54) is 22.3 Å². The standard InChI is InChI=1S/C19H22N2/c1-14(18-10-6-7-11-20-18)19-16(13-21(2)3)12-15-8-4-5-9-17(15)19/h4-11,14H,12-13H2,1-3H3. The Labute approximate surface area is 127 Å². The van der Waals surface area contributed by atoms with E-state index in [4.69, 9.17) is 0 Å². The molecule has 1 heterocycles. The zero-order valence-electron chi connectivity index (χ0n) is 13.0. The minimum atomic E-state index is 0.338. The Kier molecular flexibility index (Phi) is 3.89. The van der Waals surface area contributed by atoms with Crippen molar-refractivity contribution in [1.82, 2.24) is 9.88 Å². The minimum absolute atomic E-state index is 0.338. The van der Waals surface area contributed by atoms with Crippen molar-refractivity contribution in [2.75, 3.05) is 20.6 Å². The van der Waals surface area contributed by atoms with Crippen molar-refractivity contribution in [2.45, 2.75) is 19.3 Å². The zero-order valence-corrected chi connectivity index (χ0v) is 13.0. The van der Waals surface area contributed by atoms with Crippen LogP contribution in [0, 0.1) is 0 Å². The molecule has 1 aliphatic rings. The molecular formula is C19H22N2. The van der Waals surface area contributed by atoms with Gasteiger partial charge in [0, 0.05) is 24.4 Å². The molecule has 0 saturated heterocycles. The maximum absolute atomic E-state index is 4.56. The third-order valence-electron chi connectivity index (χ3n) is 4.16. The topological polar surface area (TPSA) is 16.1 Å². The third-order valence-corrected chi connectivity index (χ3v) is 4.16. The number of benzene rings is 1. The minimum Gasteiger partial charge on any atom is -0.305 e. The summed E-state index contributed by atoms with van der Waals surface area (Å²) in [7, 11) is 4.28. The van der Waals surface area contributed by atoms with Gasteiger partial charge in [0.15, 0.2) is 0 Å². The number of pyridine rings is 1. The van der Waals surface area contributed by atoms with E-state index in [1.807, 2.05) is 12.3 Å². The van der Waals surface area contributed by atoms with Crippen LogP contribution in [-0.2, 0) is 6.42 Å². The second-order valence-electron chi connectivity index (χ2n) is 6.07. The molecule has 0 saturated carbocycles. The van der Waals surface area contributed by atoms with Crippen LogP contribution >= 0.6 is 0 Å². The predicted octanol–water partition coefficient (Wildman–Crippen LogP) is 3.76. The average Bonchev–Trinajstić information content (AvgIpc) is 2.84. The van der Waals surface area contributed by atoms with Crippen molar-refractivity contribution in [3.05, 3.63) is 71.1 Å². The summed E-state index contributed by atoms with van der Waals surface area (Å²) in [5.74, 6) is 0.338. The number of hydrogen-bond acceptors (Lipinski definition) is 2. The Morgan fingerprint density at radius 3 is 2.57 bits per heavy atom. The van der Waals surface area contributed by atoms with Gasteiger partial charge in [-0.3, -0.25) is 4.98 Å². The van der Waals surface area contributed by atoms with Crippen molar-refractivity contribution in [3.63, 3.8) is 0 Å². The first-order valence-corrected chi connectivity index (χ1v) is 7.52. The first kappa shape index (κ1) is 14.0. The number of rotatable bonds is 4. The van der Waals surface area contributed by atoms with Crippen LogP contribution in [-0.4, -0.2) is 30.5 Å². The fourth-order valence-corrected chi connectivity index (χ4v) is 3.30. The Morgan fingerprint density at radius 2 is 1.86 bits per heavy atom. The summed E-state index contributed by atoms with van der Waals surface area (Å²) in [5, 5.41) is 0. The lowest BCUT2D eigenvalue weighted by Gasteiger charge is -2.18. The van der Waals surface area contributed by atoms with E-state index in [-0.39, 0.29) is 0 Å². The van der Waals surface area contributed by atoms with Crippen LogP contribution in [0.2, 0.25) is 0 Å². The first-order chi connectivity index (χ1) is 10.2. The van der Waals surface area contributed by atoms with E-state index < -0.39 is 0 Å². The summed E-state index contributed by atoms with van der Waals surface area (Å²) in [6, 6.07) is 15.0. The molecule has 1 aromatic carbocycles. The van der Waals surface area contributed by atoms with Gasteiger partial charge in [0.05, 0.1) is 0 Å². The Morgan fingerprint density at radius 1 is 1.10 bits per heavy atom. The number of allylic oxidation sites excluding steroid dienone is 1. The largest absolute Gasteiger partial charge is 0.305 e. The number of fused-ring (bicyclic) bond motifs is 1. The molecule has 21 heavy (non-hydrogen) atoms. The van der Waals surface area contributed by atoms with Crippen molar-refractivity contribution in [3.8, 4) is 0 Å². The lowest BCUT2D eigenvalue weighted by Crippen LogP contribution is -2.16. The highest BCUT2D eigenvalue weighted by atomic mass is 15.0. The van der Waals surface area contributed by atoms with Gasteiger partial charge in [0.1, 0.15) is 0 Å². The molecule has 1 atom stereocenters. The Bertz CT molecular complexity index is 656. The second kappa shape index (κ2) is 5.82. The van der Waals surface area contributed by atoms with Crippen molar-refractivity contribution < 1.29 is 0 Å². The van der Waals surface area contributed by atoms with Crippen LogP contribution in [0.3, 0.4) is 0 Å². The number of hydrogen-bond donors (Lipinski definition) is 0. The van der Waals surface area contributed by atoms with Gasteiger partial charge >= 0.3 is 0 Å². The lowest BCUT2D eigenvalue weighted by molar-refractivity contribution is 0.442. The van der Waals surface area contributed by atoms with Crippen LogP contribution in [0.1, 0.15) is 29.7 Å². The SMILES string of the molecule is CC(C1=C(CN(C)C)Cc2ccccc21)c1ccccn1. The molecule has 1 aromatic heterocycles. The smallest absolute Gasteiger partial charge is 0.0475 e. The summed E-state index contributed by atoms with van der Waals surface area (Å²) < 4.78 is 0. The van der Waals surface area contributed by atoms with Crippen LogP contribution in [0.5, 0.6) is 0 Å². The molecule has 1 aliphatic carbocycles. The predicted molar refractivity (Wildman–Crippen MR) is 88.3 cm³/mol. The molecule has 2 nitrogen and oxygen atoms in total. The molecule has 0 N–H and O–H groups in total. The van der Waals surface area contributed by atoms with Gasteiger partial charge in [-0.05, 0) is 54.9 Å². The molecule has 0 amide bonds. The monoisotopic (exact) mass is 278 g/mol. The summed E-state index contributed by atoms with van der Waals surface area (Å²) in [4.78, 5) is 6.82. The fraction of sp³-hybridized carbons (Fsp3) is 0.316. The molecule has 3 rings (SSSR count). The molecule has 2 aromatic rings. The van der Waals surface area contributed by atoms with Gasteiger partial charge < -0.3 is 4.90 Å². The van der Waals surface area contributed by atoms with Gasteiger partial charge in [-0.25, -0.2) is 0 Å². The normalized spacial score (nSPS) is 15.4. The molecule has 0 fully saturated rings. The molecular weight excluding hydrogens is 256 g/mol. The summed E-state index contributed by atoms with van der Waals surface area (Å²) in [6.07, 6.45) is 2.96. The highest BCUT2D eigenvalue weighted by Crippen LogP contribution is 2.41. The number of nitrogens with zero attached hydrogens (tertiary/aromatic N) is 2. The Hall–Kier alpha value is -1.93. The van der Waals surface area contributed by atoms with Gasteiger partial charge in [-0.15, -0.1) is 0 Å². The summed E-state index contributed by atoms with van der Waals surface area (Å²) in [5.41, 5.74) is 7.01. The average molecular weight is 278 g/mol. The van der Waals surface area contributed by atoms with Gasteiger partial charge in [0.25, 0.3) is 0 Å². The van der Waals surface area contributed by atoms with Crippen LogP contribution < -0.4 is 0 Å². The number of likely N-dealkylation sites (N-methyl/N-ethyl adjacent to an activating group) is 1. The maximum atomic E-state index is 4.56. The molecule has 2 heteroatoms. The maximum Gasteiger partial charge on any atom is 0.0475 e. The van der Waals surface area contributed by atoms with E-state index in [2.05, 4.69) is 67.3 Å². The summed E-state index contributed by atoms with van der Waals surface area (Å²) >= 11 is 0. The highest BCUT2D eigenvalue weighted by molar-refractivity contribution is 5.80. The van der Waals surface area contributed by atoms with Crippen LogP contribution in [0.15, 0.2) is 54.2 Å². The van der Waals surface area contributed by atoms with Crippen molar-refractivity contribution in [1.29, 1.82) is 0 Å². The molecule has 1 unspecified atom stereocenters. The van der Waals surface area contributed by atoms with E-state index in [0.717, 1.165) is 18.7 Å². The van der Waals surface area contributed by atoms with Crippen molar-refractivity contribution in [2.24, 2.45) is 0 Å². The highest BCUT2D eigenvalue weighted by Gasteiger charge is 2.26. The van der Waals surface area contributed by atoms with Gasteiger partial charge in [-0.2, -0.15) is 0 Å². The lowest BCUT2D eigenvalue weighted by atomic mass is 9.90. The van der Waals surface area contributed by atoms with E-state index in [0.29, 0.717) is 5.92 Å². The molecule has 0 aliphatic heterocycles. The zero-order chi connectivity index (χ0) is 14.8. The summed E-state index contributed by atoms with van der Waals surface area (Å²) in [6.45, 7) is 3.29. The van der Waals surface area contributed by atoms with E-state index >= 15 is 0 Å². The Balaban J connectivity index is 2.05. The van der Waals surface area contributed by atoms with Crippen LogP contribution in [0.4, 0.5) is 0 Å². The van der Waals surface area contributed by atoms with E-state index in [9.17, 15) is 0 Å². The molecule has 108 valence electrons. The molecule has 0 radical (unpaired) electrons. The molecule has 0 bridgehead atoms. The fourth-order valence-electron chi connectivity index (χ4n) is 3.30.